The third-order valence-electron chi connectivity index (χ3n) is 6.65. The Morgan fingerprint density at radius 2 is 1.61 bits per heavy atom. The van der Waals surface area contributed by atoms with Crippen molar-refractivity contribution in [3.63, 3.8) is 0 Å². The largest absolute Gasteiger partial charge is 0.333 e. The molecule has 0 bridgehead atoms. The van der Waals surface area contributed by atoms with Crippen LogP contribution in [-0.4, -0.2) is 38.6 Å². The minimum Gasteiger partial charge on any atom is -0.333 e. The van der Waals surface area contributed by atoms with Crippen molar-refractivity contribution >= 4 is 29.1 Å². The summed E-state index contributed by atoms with van der Waals surface area (Å²) < 4.78 is 15.3. The summed E-state index contributed by atoms with van der Waals surface area (Å²) in [6, 6.07) is 11.1. The first kappa shape index (κ1) is 29.4. The van der Waals surface area contributed by atoms with Crippen LogP contribution in [-0.2, 0) is 5.54 Å². The summed E-state index contributed by atoms with van der Waals surface area (Å²) in [5.41, 5.74) is 2.01. The lowest BCUT2D eigenvalue weighted by Crippen LogP contribution is -2.47. The number of halogens is 2. The number of amides is 2. The zero-order valence-electron chi connectivity index (χ0n) is 23.3. The van der Waals surface area contributed by atoms with E-state index in [1.807, 2.05) is 39.5 Å². The molecule has 6 nitrogen and oxygen atoms in total. The van der Waals surface area contributed by atoms with Crippen LogP contribution in [0.25, 0.3) is 11.3 Å². The molecule has 1 aliphatic rings. The molecule has 1 fully saturated rings. The number of anilines is 1. The number of likely N-dealkylation sites (tertiary alicyclic amines) is 1. The number of carbonyl (C=O) groups excluding carboxylic acids is 2. The van der Waals surface area contributed by atoms with Crippen LogP contribution in [0, 0.1) is 5.82 Å². The second kappa shape index (κ2) is 12.1. The van der Waals surface area contributed by atoms with Crippen LogP contribution in [0.3, 0.4) is 0 Å². The first-order chi connectivity index (χ1) is 18.0. The van der Waals surface area contributed by atoms with E-state index in [1.54, 1.807) is 35.0 Å². The Balaban J connectivity index is 0.00000195. The minimum absolute atomic E-state index is 0.122. The lowest BCUT2D eigenvalue weighted by atomic mass is 9.96. The summed E-state index contributed by atoms with van der Waals surface area (Å²) in [4.78, 5) is 28.7. The SMILES string of the molecule is CC.CC1CCCC(C)N1C(=O)c1cc(NC(=O)c2cnn(C(C)(C)C)c2-c2ccc(F)cc2)ccc1Cl. The van der Waals surface area contributed by atoms with Crippen molar-refractivity contribution in [3.8, 4) is 11.3 Å². The number of aromatic nitrogens is 2. The fourth-order valence-corrected chi connectivity index (χ4v) is 5.03. The van der Waals surface area contributed by atoms with Crippen LogP contribution in [0.15, 0.2) is 48.7 Å². The van der Waals surface area contributed by atoms with Crippen LogP contribution in [0.1, 0.15) is 88.4 Å². The van der Waals surface area contributed by atoms with Crippen molar-refractivity contribution in [1.29, 1.82) is 0 Å². The van der Waals surface area contributed by atoms with E-state index in [0.717, 1.165) is 19.3 Å². The minimum atomic E-state index is -0.413. The van der Waals surface area contributed by atoms with E-state index in [0.29, 0.717) is 33.1 Å². The first-order valence-corrected chi connectivity index (χ1v) is 13.6. The Hall–Kier alpha value is -3.19. The van der Waals surface area contributed by atoms with Crippen LogP contribution in [0.2, 0.25) is 5.02 Å². The quantitative estimate of drug-likeness (QED) is 0.367. The monoisotopic (exact) mass is 540 g/mol. The maximum Gasteiger partial charge on any atom is 0.259 e. The fourth-order valence-electron chi connectivity index (χ4n) is 4.83. The van der Waals surface area contributed by atoms with E-state index in [9.17, 15) is 14.0 Å². The van der Waals surface area contributed by atoms with Gasteiger partial charge in [-0.3, -0.25) is 14.3 Å². The van der Waals surface area contributed by atoms with Crippen LogP contribution >= 0.6 is 11.6 Å². The summed E-state index contributed by atoms with van der Waals surface area (Å²) in [5.74, 6) is -0.879. The Bertz CT molecular complexity index is 1270. The zero-order chi connectivity index (χ0) is 28.2. The standard InChI is InChI=1S/C28H32ClFN4O2.C2H6/c1-17-7-6-8-18(2)33(17)27(36)22-15-21(13-14-24(22)29)32-26(35)23-16-31-34(28(3,4)5)25(23)19-9-11-20(30)12-10-19;1-2/h9-18H,6-8H2,1-5H3,(H,32,35);1-2H3. The highest BCUT2D eigenvalue weighted by atomic mass is 35.5. The van der Waals surface area contributed by atoms with E-state index in [2.05, 4.69) is 24.3 Å². The fraction of sp³-hybridized carbons (Fsp3) is 0.433. The number of piperidine rings is 1. The normalized spacial score (nSPS) is 17.4. The van der Waals surface area contributed by atoms with Gasteiger partial charge >= 0.3 is 0 Å². The molecule has 0 spiro atoms. The predicted octanol–water partition coefficient (Wildman–Crippen LogP) is 7.78. The number of carbonyl (C=O) groups is 2. The molecule has 2 heterocycles. The maximum absolute atomic E-state index is 13.6. The molecular weight excluding hydrogens is 503 g/mol. The van der Waals surface area contributed by atoms with Gasteiger partial charge in [-0.05, 0) is 96.3 Å². The zero-order valence-corrected chi connectivity index (χ0v) is 24.1. The molecule has 4 rings (SSSR count). The number of benzene rings is 2. The summed E-state index contributed by atoms with van der Waals surface area (Å²) in [6.45, 7) is 14.0. The van der Waals surface area contributed by atoms with Gasteiger partial charge in [0.2, 0.25) is 0 Å². The molecule has 2 unspecified atom stereocenters. The Kier molecular flexibility index (Phi) is 9.36. The highest BCUT2D eigenvalue weighted by Crippen LogP contribution is 2.31. The first-order valence-electron chi connectivity index (χ1n) is 13.3. The summed E-state index contributed by atoms with van der Waals surface area (Å²) in [7, 11) is 0. The van der Waals surface area contributed by atoms with Gasteiger partial charge in [-0.1, -0.05) is 25.4 Å². The summed E-state index contributed by atoms with van der Waals surface area (Å²) >= 11 is 6.43. The lowest BCUT2D eigenvalue weighted by Gasteiger charge is -2.39. The molecule has 3 aromatic rings. The van der Waals surface area contributed by atoms with E-state index < -0.39 is 5.54 Å². The van der Waals surface area contributed by atoms with Crippen molar-refractivity contribution in [3.05, 3.63) is 70.6 Å². The Morgan fingerprint density at radius 3 is 2.18 bits per heavy atom. The molecule has 2 atom stereocenters. The van der Waals surface area contributed by atoms with E-state index in [1.165, 1.54) is 18.3 Å². The van der Waals surface area contributed by atoms with Crippen molar-refractivity contribution in [2.45, 2.75) is 85.4 Å². The smallest absolute Gasteiger partial charge is 0.259 e. The Labute approximate surface area is 230 Å². The molecular formula is C30H38ClFN4O2. The lowest BCUT2D eigenvalue weighted by molar-refractivity contribution is 0.0511. The van der Waals surface area contributed by atoms with Gasteiger partial charge in [0.15, 0.2) is 0 Å². The molecule has 2 aromatic carbocycles. The van der Waals surface area contributed by atoms with Gasteiger partial charge in [0.05, 0.1) is 33.6 Å². The van der Waals surface area contributed by atoms with Gasteiger partial charge in [-0.2, -0.15) is 5.10 Å². The van der Waals surface area contributed by atoms with Crippen molar-refractivity contribution < 1.29 is 14.0 Å². The number of hydrogen-bond donors (Lipinski definition) is 1. The van der Waals surface area contributed by atoms with Crippen LogP contribution in [0.5, 0.6) is 0 Å². The molecule has 8 heteroatoms. The van der Waals surface area contributed by atoms with Crippen LogP contribution < -0.4 is 5.32 Å². The van der Waals surface area contributed by atoms with Gasteiger partial charge < -0.3 is 10.2 Å². The summed E-state index contributed by atoms with van der Waals surface area (Å²) in [5, 5.41) is 7.71. The van der Waals surface area contributed by atoms with E-state index in [-0.39, 0.29) is 29.7 Å². The average molecular weight is 541 g/mol. The molecule has 38 heavy (non-hydrogen) atoms. The van der Waals surface area contributed by atoms with Crippen molar-refractivity contribution in [1.82, 2.24) is 14.7 Å². The molecule has 0 aliphatic carbocycles. The van der Waals surface area contributed by atoms with E-state index in [4.69, 9.17) is 11.6 Å². The highest BCUT2D eigenvalue weighted by Gasteiger charge is 2.31. The Morgan fingerprint density at radius 1 is 1.00 bits per heavy atom. The van der Waals surface area contributed by atoms with Crippen molar-refractivity contribution in [2.75, 3.05) is 5.32 Å². The van der Waals surface area contributed by atoms with Gasteiger partial charge in [-0.15, -0.1) is 0 Å². The molecule has 0 saturated carbocycles. The number of nitrogens with zero attached hydrogens (tertiary/aromatic N) is 3. The molecule has 0 radical (unpaired) electrons. The third-order valence-corrected chi connectivity index (χ3v) is 6.98. The molecule has 1 aromatic heterocycles. The van der Waals surface area contributed by atoms with Gasteiger partial charge in [-0.25, -0.2) is 4.39 Å². The van der Waals surface area contributed by atoms with Gasteiger partial charge in [0.25, 0.3) is 11.8 Å². The second-order valence-corrected chi connectivity index (χ2v) is 10.9. The van der Waals surface area contributed by atoms with Gasteiger partial charge in [0, 0.05) is 23.3 Å². The molecule has 1 saturated heterocycles. The number of hydrogen-bond acceptors (Lipinski definition) is 3. The second-order valence-electron chi connectivity index (χ2n) is 10.5. The molecule has 1 N–H and O–H groups in total. The molecule has 204 valence electrons. The van der Waals surface area contributed by atoms with Gasteiger partial charge in [0.1, 0.15) is 5.82 Å². The van der Waals surface area contributed by atoms with Crippen LogP contribution in [0.4, 0.5) is 10.1 Å². The molecule has 1 aliphatic heterocycles. The van der Waals surface area contributed by atoms with Crippen molar-refractivity contribution in [2.24, 2.45) is 0 Å². The highest BCUT2D eigenvalue weighted by molar-refractivity contribution is 6.34. The number of nitrogens with one attached hydrogen (secondary N) is 1. The third kappa shape index (κ3) is 6.26. The number of rotatable bonds is 4. The summed E-state index contributed by atoms with van der Waals surface area (Å²) in [6.07, 6.45) is 4.51. The topological polar surface area (TPSA) is 67.2 Å². The molecule has 2 amide bonds. The maximum atomic E-state index is 13.6. The average Bonchev–Trinajstić information content (AvgIpc) is 3.33. The predicted molar refractivity (Wildman–Crippen MR) is 152 cm³/mol. The van der Waals surface area contributed by atoms with E-state index >= 15 is 0 Å².